The van der Waals surface area contributed by atoms with Gasteiger partial charge in [-0.2, -0.15) is 0 Å². The summed E-state index contributed by atoms with van der Waals surface area (Å²) in [7, 11) is 1.86. The van der Waals surface area contributed by atoms with Crippen molar-refractivity contribution in [3.63, 3.8) is 0 Å². The van der Waals surface area contributed by atoms with E-state index >= 15 is 0 Å². The first kappa shape index (κ1) is 10.4. The summed E-state index contributed by atoms with van der Waals surface area (Å²) in [6.45, 7) is 2.04. The maximum Gasteiger partial charge on any atom is 0.183 e. The lowest BCUT2D eigenvalue weighted by Gasteiger charge is -2.08. The molecule has 0 atom stereocenters. The van der Waals surface area contributed by atoms with Gasteiger partial charge in [-0.3, -0.25) is 0 Å². The van der Waals surface area contributed by atoms with E-state index in [1.165, 1.54) is 11.0 Å². The van der Waals surface area contributed by atoms with Crippen molar-refractivity contribution in [2.24, 2.45) is 0 Å². The van der Waals surface area contributed by atoms with E-state index in [1.54, 1.807) is 11.3 Å². The van der Waals surface area contributed by atoms with Crippen LogP contribution < -0.4 is 5.32 Å². The Bertz CT molecular complexity index is 432. The molecule has 1 N–H and O–H groups in total. The van der Waals surface area contributed by atoms with Gasteiger partial charge in [-0.05, 0) is 25.0 Å². The summed E-state index contributed by atoms with van der Waals surface area (Å²) in [6.07, 6.45) is 4.62. The number of hydrogen-bond donors (Lipinski definition) is 1. The van der Waals surface area contributed by atoms with Crippen LogP contribution in [0.3, 0.4) is 0 Å². The Morgan fingerprint density at radius 1 is 1.40 bits per heavy atom. The van der Waals surface area contributed by atoms with Gasteiger partial charge in [-0.1, -0.05) is 6.08 Å². The summed E-state index contributed by atoms with van der Waals surface area (Å²) in [5, 5.41) is 3.94. The Labute approximate surface area is 92.5 Å². The van der Waals surface area contributed by atoms with Gasteiger partial charge >= 0.3 is 0 Å². The molecule has 15 heavy (non-hydrogen) atoms. The highest BCUT2D eigenvalue weighted by Crippen LogP contribution is 2.32. The number of anilines is 1. The molecule has 1 aromatic rings. The molecule has 0 aromatic carbocycles. The number of aromatic nitrogens is 1. The number of hydrogen-bond acceptors (Lipinski definition) is 3. The van der Waals surface area contributed by atoms with Crippen LogP contribution in [0.5, 0.6) is 0 Å². The van der Waals surface area contributed by atoms with Crippen LogP contribution in [-0.4, -0.2) is 12.0 Å². The molecule has 0 bridgehead atoms. The zero-order chi connectivity index (χ0) is 10.8. The lowest BCUT2D eigenvalue weighted by atomic mass is 10.0. The van der Waals surface area contributed by atoms with Crippen molar-refractivity contribution in [3.8, 4) is 0 Å². The first-order valence-corrected chi connectivity index (χ1v) is 5.73. The summed E-state index contributed by atoms with van der Waals surface area (Å²) >= 11 is 1.63. The van der Waals surface area contributed by atoms with Crippen LogP contribution >= 0.6 is 11.3 Å². The Kier molecular flexibility index (Phi) is 2.86. The van der Waals surface area contributed by atoms with Gasteiger partial charge in [0.15, 0.2) is 5.13 Å². The molecule has 1 aromatic heterocycles. The van der Waals surface area contributed by atoms with Crippen LogP contribution in [-0.2, 0) is 0 Å². The first-order chi connectivity index (χ1) is 7.20. The average molecular weight is 224 g/mol. The van der Waals surface area contributed by atoms with Gasteiger partial charge in [-0.15, -0.1) is 11.3 Å². The number of allylic oxidation sites excluding steroid dienone is 4. The molecule has 0 unspecified atom stereocenters. The Hall–Kier alpha value is -1.16. The van der Waals surface area contributed by atoms with Crippen LogP contribution in [0.4, 0.5) is 9.52 Å². The summed E-state index contributed by atoms with van der Waals surface area (Å²) in [4.78, 5) is 5.65. The molecule has 0 saturated carbocycles. The zero-order valence-electron chi connectivity index (χ0n) is 8.80. The van der Waals surface area contributed by atoms with Crippen molar-refractivity contribution in [2.75, 3.05) is 12.4 Å². The number of thiazole rings is 1. The van der Waals surface area contributed by atoms with Gasteiger partial charge in [0, 0.05) is 18.3 Å². The number of rotatable bonds is 2. The number of halogens is 1. The molecule has 0 radical (unpaired) electrons. The van der Waals surface area contributed by atoms with Crippen molar-refractivity contribution < 1.29 is 4.39 Å². The van der Waals surface area contributed by atoms with Gasteiger partial charge in [0.2, 0.25) is 0 Å². The van der Waals surface area contributed by atoms with Crippen molar-refractivity contribution in [2.45, 2.75) is 19.8 Å². The molecule has 2 rings (SSSR count). The Morgan fingerprint density at radius 2 is 2.20 bits per heavy atom. The Balaban J connectivity index is 2.33. The summed E-state index contributed by atoms with van der Waals surface area (Å²) < 4.78 is 12.8. The van der Waals surface area contributed by atoms with E-state index in [0.29, 0.717) is 6.42 Å². The quantitative estimate of drug-likeness (QED) is 0.831. The smallest absolute Gasteiger partial charge is 0.183 e. The third-order valence-electron chi connectivity index (χ3n) is 2.41. The van der Waals surface area contributed by atoms with E-state index < -0.39 is 0 Å². The Morgan fingerprint density at radius 3 is 2.73 bits per heavy atom. The second kappa shape index (κ2) is 4.14. The molecular formula is C11H13FN2S. The predicted molar refractivity (Wildman–Crippen MR) is 62.8 cm³/mol. The minimum absolute atomic E-state index is 0.0412. The van der Waals surface area contributed by atoms with E-state index in [9.17, 15) is 4.39 Å². The average Bonchev–Trinajstić information content (AvgIpc) is 2.61. The summed E-state index contributed by atoms with van der Waals surface area (Å²) in [5.74, 6) is -0.0412. The monoisotopic (exact) mass is 224 g/mol. The molecule has 0 amide bonds. The third kappa shape index (κ3) is 2.09. The molecule has 0 saturated heterocycles. The highest BCUT2D eigenvalue weighted by Gasteiger charge is 2.14. The molecule has 0 fully saturated rings. The topological polar surface area (TPSA) is 24.9 Å². The fourth-order valence-electron chi connectivity index (χ4n) is 1.61. The molecule has 1 aliphatic carbocycles. The van der Waals surface area contributed by atoms with Gasteiger partial charge in [-0.25, -0.2) is 9.37 Å². The normalized spacial score (nSPS) is 15.9. The van der Waals surface area contributed by atoms with Gasteiger partial charge in [0.25, 0.3) is 0 Å². The lowest BCUT2D eigenvalue weighted by molar-refractivity contribution is 0.590. The molecule has 1 aliphatic rings. The van der Waals surface area contributed by atoms with Crippen molar-refractivity contribution >= 4 is 22.0 Å². The number of nitrogens with one attached hydrogen (secondary N) is 1. The minimum atomic E-state index is -0.0412. The van der Waals surface area contributed by atoms with Crippen molar-refractivity contribution in [1.82, 2.24) is 4.98 Å². The maximum atomic E-state index is 12.8. The number of aryl methyl sites for hydroxylation is 1. The largest absolute Gasteiger partial charge is 0.365 e. The second-order valence-electron chi connectivity index (χ2n) is 3.48. The minimum Gasteiger partial charge on any atom is -0.365 e. The van der Waals surface area contributed by atoms with Crippen LogP contribution in [0.15, 0.2) is 18.0 Å². The molecule has 0 aliphatic heterocycles. The van der Waals surface area contributed by atoms with Crippen LogP contribution in [0.2, 0.25) is 0 Å². The first-order valence-electron chi connectivity index (χ1n) is 4.91. The van der Waals surface area contributed by atoms with Gasteiger partial charge in [0.1, 0.15) is 5.83 Å². The van der Waals surface area contributed by atoms with E-state index in [0.717, 1.165) is 22.8 Å². The van der Waals surface area contributed by atoms with Crippen LogP contribution in [0.25, 0.3) is 5.57 Å². The fourth-order valence-corrected chi connectivity index (χ4v) is 2.41. The standard InChI is InChI=1S/C11H13FN2S/c1-7-10(14-11(13-2)15-7)8-3-5-9(12)6-4-8/h3,5H,4,6H2,1-2H3,(H,13,14). The molecule has 80 valence electrons. The summed E-state index contributed by atoms with van der Waals surface area (Å²) in [6, 6.07) is 0. The number of nitrogens with zero attached hydrogens (tertiary/aromatic N) is 1. The highest BCUT2D eigenvalue weighted by molar-refractivity contribution is 7.15. The van der Waals surface area contributed by atoms with Crippen LogP contribution in [0, 0.1) is 6.92 Å². The fraction of sp³-hybridized carbons (Fsp3) is 0.364. The van der Waals surface area contributed by atoms with Crippen LogP contribution in [0.1, 0.15) is 23.4 Å². The van der Waals surface area contributed by atoms with Gasteiger partial charge in [0.05, 0.1) is 5.69 Å². The lowest BCUT2D eigenvalue weighted by Crippen LogP contribution is -1.93. The maximum absolute atomic E-state index is 12.8. The van der Waals surface area contributed by atoms with E-state index in [4.69, 9.17) is 0 Å². The van der Waals surface area contributed by atoms with E-state index in [1.807, 2.05) is 20.0 Å². The van der Waals surface area contributed by atoms with Gasteiger partial charge < -0.3 is 5.32 Å². The molecule has 1 heterocycles. The third-order valence-corrected chi connectivity index (χ3v) is 3.40. The van der Waals surface area contributed by atoms with E-state index in [-0.39, 0.29) is 5.83 Å². The molecule has 4 heteroatoms. The van der Waals surface area contributed by atoms with Crippen molar-refractivity contribution in [1.29, 1.82) is 0 Å². The summed E-state index contributed by atoms with van der Waals surface area (Å²) in [5.41, 5.74) is 2.14. The molecule has 0 spiro atoms. The predicted octanol–water partition coefficient (Wildman–Crippen LogP) is 3.52. The molecular weight excluding hydrogens is 211 g/mol. The van der Waals surface area contributed by atoms with Crippen molar-refractivity contribution in [3.05, 3.63) is 28.5 Å². The zero-order valence-corrected chi connectivity index (χ0v) is 9.62. The SMILES string of the molecule is CNc1nc(C2=CC=C(F)CC2)c(C)s1. The second-order valence-corrected chi connectivity index (χ2v) is 4.68. The highest BCUT2D eigenvalue weighted by atomic mass is 32.1. The van der Waals surface area contributed by atoms with E-state index in [2.05, 4.69) is 10.3 Å². The molecule has 2 nitrogen and oxygen atoms in total.